The van der Waals surface area contributed by atoms with E-state index in [1.165, 1.54) is 0 Å². The molecule has 0 amide bonds. The predicted molar refractivity (Wildman–Crippen MR) is 91.2 cm³/mol. The van der Waals surface area contributed by atoms with Crippen molar-refractivity contribution in [3.63, 3.8) is 0 Å². The minimum atomic E-state index is -3.49. The van der Waals surface area contributed by atoms with Crippen LogP contribution in [-0.2, 0) is 10.0 Å². The average Bonchev–Trinajstić information content (AvgIpc) is 2.79. The van der Waals surface area contributed by atoms with E-state index in [-0.39, 0.29) is 11.5 Å². The first-order valence-electron chi connectivity index (χ1n) is 7.59. The smallest absolute Gasteiger partial charge is 0.207 e. The number of aryl methyl sites for hydroxylation is 1. The van der Waals surface area contributed by atoms with Crippen molar-refractivity contribution in [3.05, 3.63) is 54.6 Å². The molecule has 1 aliphatic heterocycles. The average molecular weight is 319 g/mol. The fourth-order valence-electron chi connectivity index (χ4n) is 3.15. The van der Waals surface area contributed by atoms with Gasteiger partial charge in [-0.15, -0.1) is 6.58 Å². The Balaban J connectivity index is 2.44. The zero-order valence-electron chi connectivity index (χ0n) is 13.7. The summed E-state index contributed by atoms with van der Waals surface area (Å²) in [4.78, 5) is 0.359. The van der Waals surface area contributed by atoms with Gasteiger partial charge >= 0.3 is 0 Å². The number of hydrogen-bond acceptors (Lipinski definition) is 2. The molecule has 0 saturated carbocycles. The normalized spacial score (nSPS) is 26.0. The van der Waals surface area contributed by atoms with Crippen LogP contribution in [0.1, 0.15) is 32.3 Å². The molecule has 0 spiro atoms. The molecule has 4 heteroatoms. The van der Waals surface area contributed by atoms with E-state index < -0.39 is 10.0 Å². The molecule has 1 saturated heterocycles. The zero-order chi connectivity index (χ0) is 16.5. The molecule has 1 heterocycles. The third kappa shape index (κ3) is 2.77. The number of nitrogens with zero attached hydrogens (tertiary/aromatic N) is 1. The Bertz CT molecular complexity index is 676. The lowest BCUT2D eigenvalue weighted by Crippen LogP contribution is -2.41. The Hall–Kier alpha value is -1.39. The number of rotatable bonds is 5. The molecular formula is C18H25NO2S. The van der Waals surface area contributed by atoms with E-state index in [4.69, 9.17) is 0 Å². The second-order valence-corrected chi connectivity index (χ2v) is 8.31. The Kier molecular flexibility index (Phi) is 4.64. The van der Waals surface area contributed by atoms with E-state index in [0.29, 0.717) is 17.9 Å². The molecule has 1 aromatic rings. The van der Waals surface area contributed by atoms with Crippen molar-refractivity contribution in [1.29, 1.82) is 0 Å². The number of sulfonamides is 1. The zero-order valence-corrected chi connectivity index (χ0v) is 14.5. The van der Waals surface area contributed by atoms with Crippen LogP contribution in [0.4, 0.5) is 0 Å². The van der Waals surface area contributed by atoms with Crippen LogP contribution in [-0.4, -0.2) is 25.3 Å². The third-order valence-corrected chi connectivity index (χ3v) is 6.85. The predicted octanol–water partition coefficient (Wildman–Crippen LogP) is 3.92. The van der Waals surface area contributed by atoms with Crippen LogP contribution in [0.15, 0.2) is 54.0 Å². The van der Waals surface area contributed by atoms with Crippen molar-refractivity contribution in [2.75, 3.05) is 6.54 Å². The summed E-state index contributed by atoms with van der Waals surface area (Å²) in [6.07, 6.45) is 3.23. The molecule has 0 unspecified atom stereocenters. The van der Waals surface area contributed by atoms with Gasteiger partial charge in [-0.1, -0.05) is 42.8 Å². The summed E-state index contributed by atoms with van der Waals surface area (Å²) in [6.45, 7) is 14.4. The molecule has 22 heavy (non-hydrogen) atoms. The molecule has 0 aromatic heterocycles. The van der Waals surface area contributed by atoms with E-state index in [1.807, 2.05) is 26.0 Å². The first kappa shape index (κ1) is 17.0. The monoisotopic (exact) mass is 319 g/mol. The lowest BCUT2D eigenvalue weighted by atomic mass is 9.76. The molecule has 2 rings (SSSR count). The lowest BCUT2D eigenvalue weighted by molar-refractivity contribution is 0.276. The SMILES string of the molecule is C=CC[C@H]1N(S(=O)(=O)c2ccc(C)cc2)CC[C@@]1(C)C(=C)C. The number of hydrogen-bond donors (Lipinski definition) is 0. The summed E-state index contributed by atoms with van der Waals surface area (Å²) in [5.74, 6) is 0. The van der Waals surface area contributed by atoms with E-state index in [0.717, 1.165) is 17.6 Å². The van der Waals surface area contributed by atoms with E-state index in [1.54, 1.807) is 22.5 Å². The van der Waals surface area contributed by atoms with Crippen LogP contribution >= 0.6 is 0 Å². The second-order valence-electron chi connectivity index (χ2n) is 6.42. The van der Waals surface area contributed by atoms with Gasteiger partial charge in [0.2, 0.25) is 10.0 Å². The highest BCUT2D eigenvalue weighted by Crippen LogP contribution is 2.45. The van der Waals surface area contributed by atoms with Gasteiger partial charge in [0.25, 0.3) is 0 Å². The van der Waals surface area contributed by atoms with Crippen LogP contribution in [0, 0.1) is 12.3 Å². The Morgan fingerprint density at radius 1 is 1.41 bits per heavy atom. The molecule has 3 nitrogen and oxygen atoms in total. The largest absolute Gasteiger partial charge is 0.243 e. The summed E-state index contributed by atoms with van der Waals surface area (Å²) in [7, 11) is -3.49. The molecule has 0 N–H and O–H groups in total. The van der Waals surface area contributed by atoms with Crippen molar-refractivity contribution in [2.45, 2.75) is 44.6 Å². The summed E-state index contributed by atoms with van der Waals surface area (Å²) in [5, 5.41) is 0. The lowest BCUT2D eigenvalue weighted by Gasteiger charge is -2.35. The first-order chi connectivity index (χ1) is 10.2. The van der Waals surface area contributed by atoms with E-state index in [2.05, 4.69) is 20.1 Å². The highest BCUT2D eigenvalue weighted by atomic mass is 32.2. The molecule has 120 valence electrons. The van der Waals surface area contributed by atoms with Gasteiger partial charge < -0.3 is 0 Å². The summed E-state index contributed by atoms with van der Waals surface area (Å²) >= 11 is 0. The van der Waals surface area contributed by atoms with Crippen molar-refractivity contribution >= 4 is 10.0 Å². The second kappa shape index (κ2) is 6.01. The van der Waals surface area contributed by atoms with Crippen molar-refractivity contribution in [2.24, 2.45) is 5.41 Å². The Labute approximate surface area is 134 Å². The van der Waals surface area contributed by atoms with Gasteiger partial charge in [-0.05, 0) is 38.8 Å². The quantitative estimate of drug-likeness (QED) is 0.772. The van der Waals surface area contributed by atoms with Crippen molar-refractivity contribution in [1.82, 2.24) is 4.31 Å². The van der Waals surface area contributed by atoms with Gasteiger partial charge in [-0.25, -0.2) is 8.42 Å². The maximum atomic E-state index is 13.0. The Morgan fingerprint density at radius 2 is 2.00 bits per heavy atom. The van der Waals surface area contributed by atoms with Crippen LogP contribution in [0.25, 0.3) is 0 Å². The maximum absolute atomic E-state index is 13.0. The maximum Gasteiger partial charge on any atom is 0.243 e. The van der Waals surface area contributed by atoms with Crippen LogP contribution in [0.5, 0.6) is 0 Å². The molecule has 2 atom stereocenters. The fraction of sp³-hybridized carbons (Fsp3) is 0.444. The molecule has 1 fully saturated rings. The van der Waals surface area contributed by atoms with E-state index in [9.17, 15) is 8.42 Å². The fourth-order valence-corrected chi connectivity index (χ4v) is 4.89. The minimum absolute atomic E-state index is 0.117. The molecular weight excluding hydrogens is 294 g/mol. The van der Waals surface area contributed by atoms with Crippen LogP contribution < -0.4 is 0 Å². The van der Waals surface area contributed by atoms with Crippen molar-refractivity contribution < 1.29 is 8.42 Å². The van der Waals surface area contributed by atoms with E-state index >= 15 is 0 Å². The van der Waals surface area contributed by atoms with Crippen molar-refractivity contribution in [3.8, 4) is 0 Å². The van der Waals surface area contributed by atoms with Gasteiger partial charge in [0, 0.05) is 18.0 Å². The topological polar surface area (TPSA) is 37.4 Å². The molecule has 0 aliphatic carbocycles. The summed E-state index contributed by atoms with van der Waals surface area (Å²) < 4.78 is 27.6. The van der Waals surface area contributed by atoms with Gasteiger partial charge in [0.15, 0.2) is 0 Å². The molecule has 0 radical (unpaired) electrons. The third-order valence-electron chi connectivity index (χ3n) is 4.93. The van der Waals surface area contributed by atoms with Crippen LogP contribution in [0.2, 0.25) is 0 Å². The van der Waals surface area contributed by atoms with Crippen LogP contribution in [0.3, 0.4) is 0 Å². The van der Waals surface area contributed by atoms with Gasteiger partial charge in [-0.2, -0.15) is 4.31 Å². The van der Waals surface area contributed by atoms with Gasteiger partial charge in [0.05, 0.1) is 4.90 Å². The number of benzene rings is 1. The Morgan fingerprint density at radius 3 is 2.50 bits per heavy atom. The minimum Gasteiger partial charge on any atom is -0.207 e. The standard InChI is InChI=1S/C18H25NO2S/c1-6-7-17-18(5,14(2)3)12-13-19(17)22(20,21)16-10-8-15(4)9-11-16/h6,8-11,17H,1-2,7,12-13H2,3-5H3/t17-,18+/m1/s1. The van der Waals surface area contributed by atoms with Gasteiger partial charge in [-0.3, -0.25) is 0 Å². The summed E-state index contributed by atoms with van der Waals surface area (Å²) in [5.41, 5.74) is 1.88. The molecule has 1 aromatic carbocycles. The summed E-state index contributed by atoms with van der Waals surface area (Å²) in [6, 6.07) is 6.93. The highest BCUT2D eigenvalue weighted by Gasteiger charge is 2.48. The highest BCUT2D eigenvalue weighted by molar-refractivity contribution is 7.89. The molecule has 0 bridgehead atoms. The van der Waals surface area contributed by atoms with Gasteiger partial charge in [0.1, 0.15) is 0 Å². The first-order valence-corrected chi connectivity index (χ1v) is 9.03. The molecule has 1 aliphatic rings.